The number of aliphatic hydroxyl groups is 1. The highest BCUT2D eigenvalue weighted by molar-refractivity contribution is 6.30. The van der Waals surface area contributed by atoms with Crippen molar-refractivity contribution in [3.8, 4) is 11.3 Å². The number of hydrogen-bond acceptors (Lipinski definition) is 5. The van der Waals surface area contributed by atoms with E-state index in [1.165, 1.54) is 0 Å². The summed E-state index contributed by atoms with van der Waals surface area (Å²) in [5.41, 5.74) is 1.73. The van der Waals surface area contributed by atoms with Crippen molar-refractivity contribution in [3.05, 3.63) is 57.7 Å². The molecule has 4 rings (SSSR count). The first-order valence-corrected chi connectivity index (χ1v) is 8.59. The molecule has 3 heterocycles. The molecule has 0 saturated heterocycles. The smallest absolute Gasteiger partial charge is 0.262 e. The minimum absolute atomic E-state index is 0.0190. The summed E-state index contributed by atoms with van der Waals surface area (Å²) in [5.74, 6) is 0.995. The van der Waals surface area contributed by atoms with Crippen molar-refractivity contribution in [2.75, 3.05) is 6.61 Å². The Hall–Kier alpha value is -2.77. The Morgan fingerprint density at radius 3 is 2.85 bits per heavy atom. The van der Waals surface area contributed by atoms with E-state index in [4.69, 9.17) is 16.7 Å². The lowest BCUT2D eigenvalue weighted by atomic mass is 10.1. The van der Waals surface area contributed by atoms with Gasteiger partial charge in [0.05, 0.1) is 16.6 Å². The van der Waals surface area contributed by atoms with Crippen LogP contribution in [0.1, 0.15) is 12.2 Å². The fraction of sp³-hybridized carbons (Fsp3) is 0.222. The summed E-state index contributed by atoms with van der Waals surface area (Å²) in [7, 11) is 0. The van der Waals surface area contributed by atoms with Gasteiger partial charge in [0.2, 0.25) is 0 Å². The topological polar surface area (TPSA) is 85.3 Å². The van der Waals surface area contributed by atoms with Crippen LogP contribution in [0.15, 0.2) is 41.3 Å². The Morgan fingerprint density at radius 2 is 2.08 bits per heavy atom. The maximum absolute atomic E-state index is 13.1. The predicted octanol–water partition coefficient (Wildman–Crippen LogP) is 2.45. The number of fused-ring (bicyclic) bond motifs is 2. The van der Waals surface area contributed by atoms with Crippen LogP contribution in [0, 0.1) is 6.92 Å². The number of pyridine rings is 1. The molecule has 1 N–H and O–H groups in total. The van der Waals surface area contributed by atoms with Gasteiger partial charge < -0.3 is 9.67 Å². The minimum atomic E-state index is -0.187. The molecule has 0 bridgehead atoms. The van der Waals surface area contributed by atoms with E-state index in [-0.39, 0.29) is 12.2 Å². The molecule has 4 aromatic rings. The predicted molar refractivity (Wildman–Crippen MR) is 99.4 cm³/mol. The second-order valence-electron chi connectivity index (χ2n) is 5.99. The summed E-state index contributed by atoms with van der Waals surface area (Å²) in [4.78, 5) is 21.9. The van der Waals surface area contributed by atoms with Gasteiger partial charge in [0, 0.05) is 29.9 Å². The molecule has 0 radical (unpaired) electrons. The molecule has 132 valence electrons. The van der Waals surface area contributed by atoms with E-state index >= 15 is 0 Å². The van der Waals surface area contributed by atoms with Gasteiger partial charge in [0.15, 0.2) is 0 Å². The van der Waals surface area contributed by atoms with Crippen molar-refractivity contribution in [3.63, 3.8) is 0 Å². The number of benzene rings is 1. The van der Waals surface area contributed by atoms with Crippen LogP contribution in [-0.4, -0.2) is 35.9 Å². The molecular weight excluding hydrogens is 354 g/mol. The summed E-state index contributed by atoms with van der Waals surface area (Å²) in [6.07, 6.45) is 2.19. The van der Waals surface area contributed by atoms with E-state index in [0.29, 0.717) is 46.2 Å². The molecule has 26 heavy (non-hydrogen) atoms. The summed E-state index contributed by atoms with van der Waals surface area (Å²) >= 11 is 6.17. The maximum Gasteiger partial charge on any atom is 0.262 e. The first-order chi connectivity index (χ1) is 12.6. The van der Waals surface area contributed by atoms with Gasteiger partial charge in [-0.2, -0.15) is 9.50 Å². The highest BCUT2D eigenvalue weighted by atomic mass is 35.5. The van der Waals surface area contributed by atoms with Gasteiger partial charge in [-0.15, -0.1) is 5.10 Å². The number of halogens is 1. The Morgan fingerprint density at radius 1 is 1.23 bits per heavy atom. The van der Waals surface area contributed by atoms with Crippen LogP contribution >= 0.6 is 11.6 Å². The molecule has 0 aliphatic carbocycles. The largest absolute Gasteiger partial charge is 0.396 e. The molecule has 0 aliphatic heterocycles. The Bertz CT molecular complexity index is 1180. The lowest BCUT2D eigenvalue weighted by molar-refractivity contribution is 0.279. The average Bonchev–Trinajstić information content (AvgIpc) is 2.99. The quantitative estimate of drug-likeness (QED) is 0.597. The lowest BCUT2D eigenvalue weighted by Gasteiger charge is -2.11. The number of hydrogen-bond donors (Lipinski definition) is 1. The number of aliphatic hydroxyl groups excluding tert-OH is 1. The van der Waals surface area contributed by atoms with Crippen molar-refractivity contribution in [2.24, 2.45) is 0 Å². The monoisotopic (exact) mass is 369 g/mol. The Kier molecular flexibility index (Phi) is 4.18. The van der Waals surface area contributed by atoms with Crippen molar-refractivity contribution >= 4 is 28.3 Å². The number of rotatable bonds is 4. The maximum atomic E-state index is 13.1. The van der Waals surface area contributed by atoms with Crippen LogP contribution in [0.5, 0.6) is 0 Å². The van der Waals surface area contributed by atoms with Crippen molar-refractivity contribution < 1.29 is 5.11 Å². The van der Waals surface area contributed by atoms with Gasteiger partial charge in [-0.3, -0.25) is 4.79 Å². The summed E-state index contributed by atoms with van der Waals surface area (Å²) in [6.45, 7) is 2.22. The van der Waals surface area contributed by atoms with E-state index < -0.39 is 0 Å². The number of nitrogens with zero attached hydrogens (tertiary/aromatic N) is 5. The van der Waals surface area contributed by atoms with E-state index in [9.17, 15) is 4.79 Å². The molecular formula is C18H16ClN5O2. The van der Waals surface area contributed by atoms with Crippen LogP contribution in [0.2, 0.25) is 5.02 Å². The van der Waals surface area contributed by atoms with Crippen molar-refractivity contribution in [2.45, 2.75) is 19.9 Å². The van der Waals surface area contributed by atoms with E-state index in [0.717, 1.165) is 5.56 Å². The fourth-order valence-corrected chi connectivity index (χ4v) is 3.23. The molecule has 0 unspecified atom stereocenters. The lowest BCUT2D eigenvalue weighted by Crippen LogP contribution is -2.22. The highest BCUT2D eigenvalue weighted by Gasteiger charge is 2.18. The molecule has 3 aromatic heterocycles. The normalized spacial score (nSPS) is 11.5. The van der Waals surface area contributed by atoms with Gasteiger partial charge in [-0.1, -0.05) is 23.7 Å². The molecule has 8 heteroatoms. The Labute approximate surface area is 153 Å². The van der Waals surface area contributed by atoms with Gasteiger partial charge in [0.1, 0.15) is 5.82 Å². The van der Waals surface area contributed by atoms with E-state index in [1.54, 1.807) is 40.4 Å². The first-order valence-electron chi connectivity index (χ1n) is 8.22. The molecule has 0 spiro atoms. The molecule has 0 amide bonds. The summed E-state index contributed by atoms with van der Waals surface area (Å²) in [6, 6.07) is 9.05. The van der Waals surface area contributed by atoms with Crippen LogP contribution < -0.4 is 5.56 Å². The molecule has 0 aliphatic rings. The number of aryl methyl sites for hydroxylation is 2. The van der Waals surface area contributed by atoms with E-state index in [1.807, 2.05) is 12.1 Å². The molecule has 0 saturated carbocycles. The molecule has 0 atom stereocenters. The first kappa shape index (κ1) is 16.7. The second kappa shape index (κ2) is 6.51. The van der Waals surface area contributed by atoms with Crippen LogP contribution in [0.3, 0.4) is 0 Å². The van der Waals surface area contributed by atoms with E-state index in [2.05, 4.69) is 15.1 Å². The second-order valence-corrected chi connectivity index (χ2v) is 6.43. The third-order valence-corrected chi connectivity index (χ3v) is 4.40. The average molecular weight is 370 g/mol. The zero-order valence-corrected chi connectivity index (χ0v) is 14.8. The van der Waals surface area contributed by atoms with Crippen molar-refractivity contribution in [1.82, 2.24) is 24.1 Å². The molecule has 1 aromatic carbocycles. The summed E-state index contributed by atoms with van der Waals surface area (Å²) in [5, 5.41) is 14.5. The standard InChI is InChI=1S/C18H16ClN5O2/c1-11-20-18-21-14-6-8-23(7-3-9-25)17(26)15(14)16(24(18)22-11)12-4-2-5-13(19)10-12/h2,4-6,8,10,25H,3,7,9H2,1H3. The number of aromatic nitrogens is 5. The van der Waals surface area contributed by atoms with Crippen molar-refractivity contribution in [1.29, 1.82) is 0 Å². The zero-order chi connectivity index (χ0) is 18.3. The zero-order valence-electron chi connectivity index (χ0n) is 14.1. The third-order valence-electron chi connectivity index (χ3n) is 4.16. The minimum Gasteiger partial charge on any atom is -0.396 e. The van der Waals surface area contributed by atoms with Crippen LogP contribution in [0.25, 0.3) is 27.9 Å². The highest BCUT2D eigenvalue weighted by Crippen LogP contribution is 2.28. The van der Waals surface area contributed by atoms with Gasteiger partial charge in [-0.05, 0) is 31.5 Å². The van der Waals surface area contributed by atoms with Gasteiger partial charge in [0.25, 0.3) is 11.3 Å². The van der Waals surface area contributed by atoms with Crippen LogP contribution in [-0.2, 0) is 6.54 Å². The summed E-state index contributed by atoms with van der Waals surface area (Å²) < 4.78 is 3.16. The van der Waals surface area contributed by atoms with Gasteiger partial charge >= 0.3 is 0 Å². The van der Waals surface area contributed by atoms with Crippen LogP contribution in [0.4, 0.5) is 0 Å². The fourth-order valence-electron chi connectivity index (χ4n) is 3.04. The SMILES string of the molecule is Cc1nc2nc3ccn(CCCO)c(=O)c3c(-c3cccc(Cl)c3)n2n1. The Balaban J connectivity index is 2.13. The molecule has 0 fully saturated rings. The van der Waals surface area contributed by atoms with Gasteiger partial charge in [-0.25, -0.2) is 4.98 Å². The molecule has 7 nitrogen and oxygen atoms in total. The third kappa shape index (κ3) is 2.75.